The van der Waals surface area contributed by atoms with Gasteiger partial charge in [0.15, 0.2) is 0 Å². The Kier molecular flexibility index (Phi) is 3.30. The second kappa shape index (κ2) is 4.89. The number of hydrogen-bond acceptors (Lipinski definition) is 2. The lowest BCUT2D eigenvalue weighted by Crippen LogP contribution is -2.16. The van der Waals surface area contributed by atoms with E-state index in [0.717, 1.165) is 11.1 Å². The number of nitrogens with two attached hydrogens (primary N) is 1. The van der Waals surface area contributed by atoms with Crippen LogP contribution in [-0.4, -0.2) is 6.09 Å². The summed E-state index contributed by atoms with van der Waals surface area (Å²) in [5.74, 6) is 0.419. The fourth-order valence-corrected chi connectivity index (χ4v) is 1.75. The highest BCUT2D eigenvalue weighted by Gasteiger charge is 2.08. The average molecular weight is 248 g/mol. The fraction of sp³-hybridized carbons (Fsp3) is 0. The Morgan fingerprint density at radius 3 is 2.59 bits per heavy atom. The molecule has 0 radical (unpaired) electrons. The first-order valence-corrected chi connectivity index (χ1v) is 5.37. The van der Waals surface area contributed by atoms with Crippen LogP contribution in [0.4, 0.5) is 4.79 Å². The number of hydrogen-bond donors (Lipinski definition) is 1. The van der Waals surface area contributed by atoms with Crippen LogP contribution in [0.5, 0.6) is 5.75 Å². The SMILES string of the molecule is NC(=O)Oc1ccccc1-c1cccc(Cl)c1. The van der Waals surface area contributed by atoms with Crippen LogP contribution in [0.2, 0.25) is 5.02 Å². The van der Waals surface area contributed by atoms with Crippen LogP contribution in [0, 0.1) is 0 Å². The number of amides is 1. The first kappa shape index (κ1) is 11.5. The maximum absolute atomic E-state index is 10.8. The number of para-hydroxylation sites is 1. The van der Waals surface area contributed by atoms with Crippen molar-refractivity contribution in [2.45, 2.75) is 0 Å². The van der Waals surface area contributed by atoms with Gasteiger partial charge in [-0.2, -0.15) is 0 Å². The van der Waals surface area contributed by atoms with E-state index in [2.05, 4.69) is 0 Å². The van der Waals surface area contributed by atoms with E-state index >= 15 is 0 Å². The molecule has 3 nitrogen and oxygen atoms in total. The highest BCUT2D eigenvalue weighted by Crippen LogP contribution is 2.31. The van der Waals surface area contributed by atoms with Gasteiger partial charge in [-0.1, -0.05) is 41.9 Å². The number of carbonyl (C=O) groups excluding carboxylic acids is 1. The predicted molar refractivity (Wildman–Crippen MR) is 67.1 cm³/mol. The van der Waals surface area contributed by atoms with Gasteiger partial charge in [0.2, 0.25) is 0 Å². The summed E-state index contributed by atoms with van der Waals surface area (Å²) in [4.78, 5) is 10.8. The predicted octanol–water partition coefficient (Wildman–Crippen LogP) is 3.46. The number of carbonyl (C=O) groups is 1. The van der Waals surface area contributed by atoms with Gasteiger partial charge in [-0.15, -0.1) is 0 Å². The molecular formula is C13H10ClNO2. The van der Waals surface area contributed by atoms with Crippen molar-refractivity contribution in [1.29, 1.82) is 0 Å². The number of rotatable bonds is 2. The summed E-state index contributed by atoms with van der Waals surface area (Å²) in [5.41, 5.74) is 6.66. The first-order valence-electron chi connectivity index (χ1n) is 4.99. The minimum atomic E-state index is -0.834. The zero-order valence-corrected chi connectivity index (χ0v) is 9.65. The van der Waals surface area contributed by atoms with Gasteiger partial charge >= 0.3 is 6.09 Å². The maximum atomic E-state index is 10.8. The Morgan fingerprint density at radius 2 is 1.88 bits per heavy atom. The molecule has 0 spiro atoms. The van der Waals surface area contributed by atoms with Crippen LogP contribution in [0.25, 0.3) is 11.1 Å². The van der Waals surface area contributed by atoms with Gasteiger partial charge in [0.05, 0.1) is 0 Å². The van der Waals surface area contributed by atoms with E-state index in [1.165, 1.54) is 0 Å². The van der Waals surface area contributed by atoms with Crippen molar-refractivity contribution >= 4 is 17.7 Å². The summed E-state index contributed by atoms with van der Waals surface area (Å²) >= 11 is 5.92. The standard InChI is InChI=1S/C13H10ClNO2/c14-10-5-3-4-9(8-10)11-6-1-2-7-12(11)17-13(15)16/h1-8H,(H2,15,16). The Labute approximate surface area is 104 Å². The molecule has 0 atom stereocenters. The zero-order valence-electron chi connectivity index (χ0n) is 8.89. The first-order chi connectivity index (χ1) is 8.16. The molecule has 2 aromatic carbocycles. The van der Waals surface area contributed by atoms with Gasteiger partial charge in [-0.25, -0.2) is 4.79 Å². The average Bonchev–Trinajstić information content (AvgIpc) is 2.29. The Bertz CT molecular complexity index is 555. The third-order valence-corrected chi connectivity index (χ3v) is 2.47. The summed E-state index contributed by atoms with van der Waals surface area (Å²) in [6.07, 6.45) is -0.834. The molecule has 86 valence electrons. The maximum Gasteiger partial charge on any atom is 0.409 e. The Balaban J connectivity index is 2.47. The summed E-state index contributed by atoms with van der Waals surface area (Å²) in [6, 6.07) is 14.4. The van der Waals surface area contributed by atoms with Crippen molar-refractivity contribution in [3.8, 4) is 16.9 Å². The molecule has 0 aliphatic carbocycles. The van der Waals surface area contributed by atoms with Gasteiger partial charge in [0, 0.05) is 10.6 Å². The molecule has 17 heavy (non-hydrogen) atoms. The highest BCUT2D eigenvalue weighted by molar-refractivity contribution is 6.30. The second-order valence-electron chi connectivity index (χ2n) is 3.43. The molecule has 0 fully saturated rings. The van der Waals surface area contributed by atoms with E-state index in [4.69, 9.17) is 22.1 Å². The molecule has 0 aromatic heterocycles. The lowest BCUT2D eigenvalue weighted by molar-refractivity contribution is 0.211. The minimum Gasteiger partial charge on any atom is -0.410 e. The summed E-state index contributed by atoms with van der Waals surface area (Å²) in [6.45, 7) is 0. The molecule has 0 bridgehead atoms. The number of halogens is 1. The molecule has 0 saturated carbocycles. The third-order valence-electron chi connectivity index (χ3n) is 2.23. The van der Waals surface area contributed by atoms with Gasteiger partial charge < -0.3 is 10.5 Å². The second-order valence-corrected chi connectivity index (χ2v) is 3.86. The van der Waals surface area contributed by atoms with Crippen molar-refractivity contribution in [2.24, 2.45) is 5.73 Å². The van der Waals surface area contributed by atoms with Crippen molar-refractivity contribution in [1.82, 2.24) is 0 Å². The number of primary amides is 1. The molecule has 4 heteroatoms. The minimum absolute atomic E-state index is 0.419. The van der Waals surface area contributed by atoms with E-state index in [1.54, 1.807) is 24.3 Å². The molecule has 1 amide bonds. The van der Waals surface area contributed by atoms with Crippen LogP contribution >= 0.6 is 11.6 Å². The summed E-state index contributed by atoms with van der Waals surface area (Å²) < 4.78 is 4.94. The third kappa shape index (κ3) is 2.77. The number of benzene rings is 2. The lowest BCUT2D eigenvalue weighted by Gasteiger charge is -2.08. The Morgan fingerprint density at radius 1 is 1.12 bits per heavy atom. The molecule has 0 unspecified atom stereocenters. The quantitative estimate of drug-likeness (QED) is 0.884. The van der Waals surface area contributed by atoms with Crippen LogP contribution in [0.1, 0.15) is 0 Å². The van der Waals surface area contributed by atoms with Crippen molar-refractivity contribution in [3.05, 3.63) is 53.6 Å². The van der Waals surface area contributed by atoms with E-state index in [0.29, 0.717) is 10.8 Å². The fourth-order valence-electron chi connectivity index (χ4n) is 1.56. The van der Waals surface area contributed by atoms with E-state index in [1.807, 2.05) is 24.3 Å². The van der Waals surface area contributed by atoms with Crippen LogP contribution < -0.4 is 10.5 Å². The molecule has 0 saturated heterocycles. The highest BCUT2D eigenvalue weighted by atomic mass is 35.5. The van der Waals surface area contributed by atoms with Crippen LogP contribution in [0.15, 0.2) is 48.5 Å². The van der Waals surface area contributed by atoms with Crippen molar-refractivity contribution in [3.63, 3.8) is 0 Å². The van der Waals surface area contributed by atoms with E-state index in [-0.39, 0.29) is 0 Å². The van der Waals surface area contributed by atoms with Gasteiger partial charge in [0.1, 0.15) is 5.75 Å². The van der Waals surface area contributed by atoms with Crippen LogP contribution in [0.3, 0.4) is 0 Å². The van der Waals surface area contributed by atoms with Crippen molar-refractivity contribution < 1.29 is 9.53 Å². The molecule has 2 rings (SSSR count). The van der Waals surface area contributed by atoms with Crippen LogP contribution in [-0.2, 0) is 0 Å². The van der Waals surface area contributed by atoms with Gasteiger partial charge in [0.25, 0.3) is 0 Å². The molecule has 0 heterocycles. The molecule has 2 aromatic rings. The van der Waals surface area contributed by atoms with Crippen molar-refractivity contribution in [2.75, 3.05) is 0 Å². The molecule has 0 aliphatic rings. The summed E-state index contributed by atoms with van der Waals surface area (Å²) in [7, 11) is 0. The largest absolute Gasteiger partial charge is 0.410 e. The Hall–Kier alpha value is -2.00. The zero-order chi connectivity index (χ0) is 12.3. The van der Waals surface area contributed by atoms with E-state index in [9.17, 15) is 4.79 Å². The molecular weight excluding hydrogens is 238 g/mol. The smallest absolute Gasteiger partial charge is 0.409 e. The monoisotopic (exact) mass is 247 g/mol. The molecule has 0 aliphatic heterocycles. The van der Waals surface area contributed by atoms with E-state index < -0.39 is 6.09 Å². The lowest BCUT2D eigenvalue weighted by atomic mass is 10.1. The van der Waals surface area contributed by atoms with Gasteiger partial charge in [-0.05, 0) is 23.8 Å². The van der Waals surface area contributed by atoms with Gasteiger partial charge in [-0.3, -0.25) is 0 Å². The number of ether oxygens (including phenoxy) is 1. The normalized spacial score (nSPS) is 9.94. The molecule has 2 N–H and O–H groups in total. The summed E-state index contributed by atoms with van der Waals surface area (Å²) in [5, 5.41) is 0.622. The topological polar surface area (TPSA) is 52.3 Å².